The molecule has 0 atom stereocenters. The van der Waals surface area contributed by atoms with Crippen molar-refractivity contribution >= 4 is 22.9 Å². The van der Waals surface area contributed by atoms with Crippen molar-refractivity contribution in [2.24, 2.45) is 0 Å². The minimum atomic E-state index is -4.75. The van der Waals surface area contributed by atoms with Crippen molar-refractivity contribution < 1.29 is 32.6 Å². The maximum absolute atomic E-state index is 12.7. The number of aromatic amines is 1. The van der Waals surface area contributed by atoms with E-state index in [-0.39, 0.29) is 5.39 Å². The molecule has 2 rings (SSSR count). The van der Waals surface area contributed by atoms with Gasteiger partial charge in [-0.3, -0.25) is 14.4 Å². The molecule has 0 radical (unpaired) electrons. The Hall–Kier alpha value is -3.11. The fourth-order valence-electron chi connectivity index (χ4n) is 2.14. The first kappa shape index (κ1) is 20.2. The minimum absolute atomic E-state index is 0.259. The molecule has 2 heterocycles. The molecule has 0 aromatic carbocycles. The zero-order valence-electron chi connectivity index (χ0n) is 14.5. The molecular formula is C16H16F3N3O5. The van der Waals surface area contributed by atoms with Gasteiger partial charge in [0.1, 0.15) is 34.8 Å². The van der Waals surface area contributed by atoms with E-state index in [9.17, 15) is 32.7 Å². The number of alkyl halides is 3. The number of nitrogens with zero attached hydrogens (tertiary/aromatic N) is 1. The van der Waals surface area contributed by atoms with Crippen LogP contribution >= 0.6 is 0 Å². The highest BCUT2D eigenvalue weighted by Crippen LogP contribution is 2.31. The average molecular weight is 387 g/mol. The van der Waals surface area contributed by atoms with Crippen LogP contribution in [0.15, 0.2) is 16.9 Å². The molecule has 0 bridgehead atoms. The summed E-state index contributed by atoms with van der Waals surface area (Å²) in [5, 5.41) is 12.0. The van der Waals surface area contributed by atoms with Gasteiger partial charge in [0.15, 0.2) is 0 Å². The van der Waals surface area contributed by atoms with Crippen LogP contribution in [-0.4, -0.2) is 39.1 Å². The molecule has 146 valence electrons. The van der Waals surface area contributed by atoms with E-state index < -0.39 is 58.4 Å². The number of hydrogen-bond acceptors (Lipinski definition) is 6. The Labute approximate surface area is 150 Å². The molecule has 0 aliphatic rings. The highest BCUT2D eigenvalue weighted by Gasteiger charge is 2.33. The Kier molecular flexibility index (Phi) is 5.16. The number of pyridine rings is 2. The SMILES string of the molecule is CC(C)(C)OC(=O)CNC(=O)c1c(O)c2ccc(C(F)(F)F)nc2[nH]c1=O. The first-order valence-electron chi connectivity index (χ1n) is 7.63. The quantitative estimate of drug-likeness (QED) is 0.690. The van der Waals surface area contributed by atoms with Crippen molar-refractivity contribution in [1.82, 2.24) is 15.3 Å². The molecule has 0 fully saturated rings. The van der Waals surface area contributed by atoms with E-state index in [0.717, 1.165) is 6.07 Å². The fourth-order valence-corrected chi connectivity index (χ4v) is 2.14. The molecule has 3 N–H and O–H groups in total. The first-order chi connectivity index (χ1) is 12.3. The maximum Gasteiger partial charge on any atom is 0.433 e. The Morgan fingerprint density at radius 3 is 2.44 bits per heavy atom. The average Bonchev–Trinajstić information content (AvgIpc) is 2.49. The van der Waals surface area contributed by atoms with Gasteiger partial charge < -0.3 is 20.1 Å². The van der Waals surface area contributed by atoms with Crippen molar-refractivity contribution in [2.75, 3.05) is 6.54 Å². The predicted octanol–water partition coefficient (Wildman–Crippen LogP) is 1.72. The molecule has 1 amide bonds. The van der Waals surface area contributed by atoms with Crippen LogP contribution in [0.4, 0.5) is 13.2 Å². The Bertz CT molecular complexity index is 961. The molecule has 8 nitrogen and oxygen atoms in total. The molecule has 2 aromatic rings. The van der Waals surface area contributed by atoms with Crippen molar-refractivity contribution in [1.29, 1.82) is 0 Å². The lowest BCUT2D eigenvalue weighted by Gasteiger charge is -2.19. The van der Waals surface area contributed by atoms with E-state index in [0.29, 0.717) is 6.07 Å². The predicted molar refractivity (Wildman–Crippen MR) is 87.2 cm³/mol. The molecule has 0 unspecified atom stereocenters. The van der Waals surface area contributed by atoms with Gasteiger partial charge in [-0.1, -0.05) is 0 Å². The molecule has 11 heteroatoms. The molecule has 0 aliphatic carbocycles. The topological polar surface area (TPSA) is 121 Å². The van der Waals surface area contributed by atoms with Crippen LogP contribution < -0.4 is 10.9 Å². The summed E-state index contributed by atoms with van der Waals surface area (Å²) < 4.78 is 43.1. The zero-order valence-corrected chi connectivity index (χ0v) is 14.5. The van der Waals surface area contributed by atoms with Crippen molar-refractivity contribution in [3.8, 4) is 5.75 Å². The van der Waals surface area contributed by atoms with Gasteiger partial charge in [0, 0.05) is 0 Å². The third-order valence-corrected chi connectivity index (χ3v) is 3.18. The van der Waals surface area contributed by atoms with Gasteiger partial charge in [0.25, 0.3) is 11.5 Å². The number of carbonyl (C=O) groups is 2. The standard InChI is InChI=1S/C16H16F3N3O5/c1-15(2,3)27-9(23)6-20-13(25)10-11(24)7-4-5-8(16(17,18)19)21-12(7)22-14(10)26/h4-5H,6H2,1-3H3,(H,20,25)(H2,21,22,24,26). The third kappa shape index (κ3) is 4.74. The molecule has 2 aromatic heterocycles. The lowest BCUT2D eigenvalue weighted by Crippen LogP contribution is -2.36. The number of esters is 1. The Morgan fingerprint density at radius 2 is 1.89 bits per heavy atom. The van der Waals surface area contributed by atoms with Crippen molar-refractivity contribution in [3.05, 3.63) is 33.7 Å². The fraction of sp³-hybridized carbons (Fsp3) is 0.375. The second-order valence-electron chi connectivity index (χ2n) is 6.54. The van der Waals surface area contributed by atoms with Gasteiger partial charge in [-0.05, 0) is 32.9 Å². The normalized spacial score (nSPS) is 12.1. The Morgan fingerprint density at radius 1 is 1.26 bits per heavy atom. The number of aromatic hydroxyl groups is 1. The van der Waals surface area contributed by atoms with E-state index in [2.05, 4.69) is 10.3 Å². The third-order valence-electron chi connectivity index (χ3n) is 3.18. The minimum Gasteiger partial charge on any atom is -0.506 e. The van der Waals surface area contributed by atoms with Crippen LogP contribution in [0.5, 0.6) is 5.75 Å². The summed E-state index contributed by atoms with van der Waals surface area (Å²) in [6.45, 7) is 4.29. The molecule has 27 heavy (non-hydrogen) atoms. The summed E-state index contributed by atoms with van der Waals surface area (Å²) in [5.41, 5.74) is -4.50. The molecule has 0 saturated carbocycles. The lowest BCUT2D eigenvalue weighted by atomic mass is 10.1. The second kappa shape index (κ2) is 6.89. The second-order valence-corrected chi connectivity index (χ2v) is 6.54. The number of ether oxygens (including phenoxy) is 1. The van der Waals surface area contributed by atoms with Crippen LogP contribution in [0.1, 0.15) is 36.8 Å². The monoisotopic (exact) mass is 387 g/mol. The maximum atomic E-state index is 12.7. The van der Waals surface area contributed by atoms with E-state index in [1.165, 1.54) is 0 Å². The highest BCUT2D eigenvalue weighted by molar-refractivity contribution is 6.02. The summed E-state index contributed by atoms with van der Waals surface area (Å²) >= 11 is 0. The van der Waals surface area contributed by atoms with Gasteiger partial charge in [-0.15, -0.1) is 0 Å². The van der Waals surface area contributed by atoms with Crippen LogP contribution in [0, 0.1) is 0 Å². The van der Waals surface area contributed by atoms with Crippen LogP contribution in [0.25, 0.3) is 11.0 Å². The van der Waals surface area contributed by atoms with Gasteiger partial charge >= 0.3 is 12.1 Å². The summed E-state index contributed by atoms with van der Waals surface area (Å²) in [5.74, 6) is -2.72. The molecule has 0 spiro atoms. The number of aromatic nitrogens is 2. The van der Waals surface area contributed by atoms with Gasteiger partial charge in [-0.2, -0.15) is 13.2 Å². The Balaban J connectivity index is 2.32. The summed E-state index contributed by atoms with van der Waals surface area (Å²) in [7, 11) is 0. The number of carbonyl (C=O) groups excluding carboxylic acids is 2. The van der Waals surface area contributed by atoms with Gasteiger partial charge in [-0.25, -0.2) is 4.98 Å². The number of amides is 1. The van der Waals surface area contributed by atoms with E-state index in [1.54, 1.807) is 20.8 Å². The first-order valence-corrected chi connectivity index (χ1v) is 7.63. The molecular weight excluding hydrogens is 371 g/mol. The van der Waals surface area contributed by atoms with E-state index in [4.69, 9.17) is 4.74 Å². The lowest BCUT2D eigenvalue weighted by molar-refractivity contribution is -0.153. The van der Waals surface area contributed by atoms with Crippen molar-refractivity contribution in [3.63, 3.8) is 0 Å². The summed E-state index contributed by atoms with van der Waals surface area (Å²) in [4.78, 5) is 41.0. The number of nitrogens with one attached hydrogen (secondary N) is 2. The molecule has 0 aliphatic heterocycles. The van der Waals surface area contributed by atoms with Crippen LogP contribution in [0.3, 0.4) is 0 Å². The number of fused-ring (bicyclic) bond motifs is 1. The molecule has 0 saturated heterocycles. The number of halogens is 3. The van der Waals surface area contributed by atoms with Gasteiger partial charge in [0.2, 0.25) is 0 Å². The summed E-state index contributed by atoms with van der Waals surface area (Å²) in [6.07, 6.45) is -4.75. The van der Waals surface area contributed by atoms with Crippen molar-refractivity contribution in [2.45, 2.75) is 32.5 Å². The van der Waals surface area contributed by atoms with E-state index >= 15 is 0 Å². The largest absolute Gasteiger partial charge is 0.506 e. The smallest absolute Gasteiger partial charge is 0.433 e. The van der Waals surface area contributed by atoms with Gasteiger partial charge in [0.05, 0.1) is 5.39 Å². The zero-order chi connectivity index (χ0) is 20.6. The number of hydrogen-bond donors (Lipinski definition) is 3. The van der Waals surface area contributed by atoms with E-state index in [1.807, 2.05) is 4.98 Å². The summed E-state index contributed by atoms with van der Waals surface area (Å²) in [6, 6.07) is 1.48. The number of rotatable bonds is 3. The number of H-pyrrole nitrogens is 1. The highest BCUT2D eigenvalue weighted by atomic mass is 19.4. The van der Waals surface area contributed by atoms with Crippen LogP contribution in [0.2, 0.25) is 0 Å². The van der Waals surface area contributed by atoms with Crippen LogP contribution in [-0.2, 0) is 15.7 Å².